The lowest BCUT2D eigenvalue weighted by atomic mass is 10.1. The smallest absolute Gasteiger partial charge is 0.264 e. The normalized spacial score (nSPS) is 11.1. The molecule has 0 saturated heterocycles. The number of hydrogen-bond donors (Lipinski definition) is 1. The molecule has 0 aliphatic carbocycles. The van der Waals surface area contributed by atoms with Crippen molar-refractivity contribution in [3.05, 3.63) is 118 Å². The zero-order valence-electron chi connectivity index (χ0n) is 19.1. The summed E-state index contributed by atoms with van der Waals surface area (Å²) in [5.41, 5.74) is 4.17. The van der Waals surface area contributed by atoms with Crippen LogP contribution in [0, 0.1) is 6.92 Å². The number of rotatable bonds is 8. The maximum Gasteiger partial charge on any atom is 0.264 e. The minimum atomic E-state index is -3.96. The summed E-state index contributed by atoms with van der Waals surface area (Å²) in [6.07, 6.45) is 4.26. The fourth-order valence-corrected chi connectivity index (χ4v) is 5.22. The van der Waals surface area contributed by atoms with Gasteiger partial charge in [0.25, 0.3) is 10.0 Å². The monoisotopic (exact) mass is 549 g/mol. The van der Waals surface area contributed by atoms with E-state index >= 15 is 0 Å². The summed E-state index contributed by atoms with van der Waals surface area (Å²) < 4.78 is 28.9. The second kappa shape index (κ2) is 10.8. The second-order valence-electron chi connectivity index (χ2n) is 8.08. The van der Waals surface area contributed by atoms with Crippen molar-refractivity contribution >= 4 is 43.2 Å². The van der Waals surface area contributed by atoms with Crippen molar-refractivity contribution in [2.24, 2.45) is 0 Å². The lowest BCUT2D eigenvalue weighted by molar-refractivity contribution is -0.114. The molecule has 1 amide bonds. The zero-order chi connectivity index (χ0) is 24.8. The number of anilines is 2. The van der Waals surface area contributed by atoms with Gasteiger partial charge in [0.1, 0.15) is 6.54 Å². The minimum absolute atomic E-state index is 0.124. The molecule has 178 valence electrons. The van der Waals surface area contributed by atoms with Crippen LogP contribution >= 0.6 is 15.9 Å². The fraction of sp³-hybridized carbons (Fsp3) is 0.111. The van der Waals surface area contributed by atoms with Crippen molar-refractivity contribution in [1.82, 2.24) is 4.98 Å². The van der Waals surface area contributed by atoms with Crippen LogP contribution in [0.5, 0.6) is 0 Å². The van der Waals surface area contributed by atoms with Crippen LogP contribution in [0.2, 0.25) is 0 Å². The first kappa shape index (κ1) is 24.6. The fourth-order valence-electron chi connectivity index (χ4n) is 3.53. The molecule has 35 heavy (non-hydrogen) atoms. The van der Waals surface area contributed by atoms with Crippen molar-refractivity contribution in [2.75, 3.05) is 16.2 Å². The molecule has 1 aromatic heterocycles. The Morgan fingerprint density at radius 3 is 2.09 bits per heavy atom. The van der Waals surface area contributed by atoms with E-state index in [-0.39, 0.29) is 11.4 Å². The van der Waals surface area contributed by atoms with Crippen molar-refractivity contribution < 1.29 is 13.2 Å². The number of carbonyl (C=O) groups excluding carboxylic acids is 1. The van der Waals surface area contributed by atoms with Crippen molar-refractivity contribution in [1.29, 1.82) is 0 Å². The summed E-state index contributed by atoms with van der Waals surface area (Å²) in [5, 5.41) is 2.81. The number of amides is 1. The number of hydrogen-bond acceptors (Lipinski definition) is 4. The molecule has 0 fully saturated rings. The first-order chi connectivity index (χ1) is 16.8. The number of nitrogens with one attached hydrogen (secondary N) is 1. The number of aromatic nitrogens is 1. The first-order valence-corrected chi connectivity index (χ1v) is 13.2. The van der Waals surface area contributed by atoms with Gasteiger partial charge < -0.3 is 5.32 Å². The molecule has 4 aromatic rings. The topological polar surface area (TPSA) is 79.4 Å². The summed E-state index contributed by atoms with van der Waals surface area (Å²) in [4.78, 5) is 17.1. The van der Waals surface area contributed by atoms with Crippen LogP contribution in [0.25, 0.3) is 0 Å². The van der Waals surface area contributed by atoms with E-state index in [1.165, 1.54) is 0 Å². The highest BCUT2D eigenvalue weighted by atomic mass is 79.9. The van der Waals surface area contributed by atoms with Crippen molar-refractivity contribution in [3.8, 4) is 0 Å². The number of pyridine rings is 1. The Balaban J connectivity index is 1.52. The third kappa shape index (κ3) is 6.35. The van der Waals surface area contributed by atoms with E-state index in [1.807, 2.05) is 43.3 Å². The van der Waals surface area contributed by atoms with E-state index < -0.39 is 15.9 Å². The van der Waals surface area contributed by atoms with Crippen molar-refractivity contribution in [2.45, 2.75) is 18.2 Å². The number of nitrogens with zero attached hydrogens (tertiary/aromatic N) is 2. The molecule has 6 nitrogen and oxygen atoms in total. The molecule has 0 aliphatic rings. The SMILES string of the molecule is Cc1ccc(S(=O)(=O)N(CC(=O)Nc2ccc(Cc3ccncc3)cc2)c2ccc(Br)cc2)cc1. The Morgan fingerprint density at radius 2 is 1.46 bits per heavy atom. The molecule has 0 radical (unpaired) electrons. The van der Waals surface area contributed by atoms with Gasteiger partial charge in [-0.2, -0.15) is 0 Å². The standard InChI is InChI=1S/C27H24BrN3O3S/c1-20-2-12-26(13-3-20)35(33,34)31(25-10-6-23(28)7-11-25)19-27(32)30-24-8-4-21(5-9-24)18-22-14-16-29-17-15-22/h2-17H,18-19H2,1H3,(H,30,32). The predicted molar refractivity (Wildman–Crippen MR) is 142 cm³/mol. The van der Waals surface area contributed by atoms with E-state index in [0.717, 1.165) is 31.9 Å². The van der Waals surface area contributed by atoms with E-state index in [9.17, 15) is 13.2 Å². The van der Waals surface area contributed by atoms with Crippen LogP contribution in [0.15, 0.2) is 107 Å². The highest BCUT2D eigenvalue weighted by Gasteiger charge is 2.27. The van der Waals surface area contributed by atoms with E-state index in [1.54, 1.807) is 60.9 Å². The lowest BCUT2D eigenvalue weighted by Crippen LogP contribution is -2.38. The Labute approximate surface area is 213 Å². The van der Waals surface area contributed by atoms with Gasteiger partial charge in [-0.05, 0) is 85.1 Å². The molecule has 8 heteroatoms. The van der Waals surface area contributed by atoms with Gasteiger partial charge in [0.05, 0.1) is 10.6 Å². The van der Waals surface area contributed by atoms with Gasteiger partial charge in [0.15, 0.2) is 0 Å². The highest BCUT2D eigenvalue weighted by molar-refractivity contribution is 9.10. The number of sulfonamides is 1. The largest absolute Gasteiger partial charge is 0.325 e. The number of halogens is 1. The van der Waals surface area contributed by atoms with Crippen LogP contribution in [0.4, 0.5) is 11.4 Å². The van der Waals surface area contributed by atoms with Crippen LogP contribution in [-0.2, 0) is 21.2 Å². The van der Waals surface area contributed by atoms with E-state index in [0.29, 0.717) is 11.4 Å². The van der Waals surface area contributed by atoms with Gasteiger partial charge in [-0.3, -0.25) is 14.1 Å². The molecule has 0 unspecified atom stereocenters. The summed E-state index contributed by atoms with van der Waals surface area (Å²) in [6.45, 7) is 1.52. The molecular formula is C27H24BrN3O3S. The summed E-state index contributed by atoms with van der Waals surface area (Å²) in [6, 6.07) is 24.8. The van der Waals surface area contributed by atoms with Crippen LogP contribution in [-0.4, -0.2) is 25.9 Å². The molecule has 1 heterocycles. The van der Waals surface area contributed by atoms with E-state index in [4.69, 9.17) is 0 Å². The molecular weight excluding hydrogens is 526 g/mol. The van der Waals surface area contributed by atoms with Crippen LogP contribution < -0.4 is 9.62 Å². The number of aryl methyl sites for hydroxylation is 1. The quantitative estimate of drug-likeness (QED) is 0.311. The van der Waals surface area contributed by atoms with Gasteiger partial charge in [0, 0.05) is 22.6 Å². The first-order valence-electron chi connectivity index (χ1n) is 10.9. The molecule has 0 saturated carbocycles. The molecule has 0 spiro atoms. The molecule has 0 bridgehead atoms. The van der Waals surface area contributed by atoms with E-state index in [2.05, 4.69) is 26.2 Å². The highest BCUT2D eigenvalue weighted by Crippen LogP contribution is 2.26. The van der Waals surface area contributed by atoms with Crippen LogP contribution in [0.3, 0.4) is 0 Å². The maximum absolute atomic E-state index is 13.5. The summed E-state index contributed by atoms with van der Waals surface area (Å²) >= 11 is 3.37. The third-order valence-corrected chi connectivity index (χ3v) is 7.72. The second-order valence-corrected chi connectivity index (χ2v) is 10.9. The van der Waals surface area contributed by atoms with Gasteiger partial charge in [-0.1, -0.05) is 45.8 Å². The molecule has 0 atom stereocenters. The average Bonchev–Trinajstić information content (AvgIpc) is 2.85. The molecule has 3 aromatic carbocycles. The maximum atomic E-state index is 13.5. The van der Waals surface area contributed by atoms with Crippen LogP contribution in [0.1, 0.15) is 16.7 Å². The minimum Gasteiger partial charge on any atom is -0.325 e. The third-order valence-electron chi connectivity index (χ3n) is 5.41. The predicted octanol–water partition coefficient (Wildman–Crippen LogP) is 5.58. The number of carbonyl (C=O) groups is 1. The molecule has 4 rings (SSSR count). The Bertz CT molecular complexity index is 1390. The summed E-state index contributed by atoms with van der Waals surface area (Å²) in [7, 11) is -3.96. The zero-order valence-corrected chi connectivity index (χ0v) is 21.5. The summed E-state index contributed by atoms with van der Waals surface area (Å²) in [5.74, 6) is -0.439. The number of benzene rings is 3. The Hall–Kier alpha value is -3.49. The molecule has 0 aliphatic heterocycles. The Morgan fingerprint density at radius 1 is 0.857 bits per heavy atom. The molecule has 1 N–H and O–H groups in total. The van der Waals surface area contributed by atoms with Gasteiger partial charge in [-0.25, -0.2) is 8.42 Å². The van der Waals surface area contributed by atoms with Gasteiger partial charge >= 0.3 is 0 Å². The van der Waals surface area contributed by atoms with Gasteiger partial charge in [0.2, 0.25) is 5.91 Å². The Kier molecular flexibility index (Phi) is 7.63. The average molecular weight is 550 g/mol. The van der Waals surface area contributed by atoms with Crippen molar-refractivity contribution in [3.63, 3.8) is 0 Å². The van der Waals surface area contributed by atoms with Gasteiger partial charge in [-0.15, -0.1) is 0 Å². The lowest BCUT2D eigenvalue weighted by Gasteiger charge is -2.24.